The molecule has 2 saturated heterocycles. The molecule has 0 saturated carbocycles. The van der Waals surface area contributed by atoms with Gasteiger partial charge in [-0.15, -0.1) is 0 Å². The number of rotatable bonds is 7. The molecule has 9 heteroatoms. The Morgan fingerprint density at radius 3 is 2.53 bits per heavy atom. The van der Waals surface area contributed by atoms with Crippen LogP contribution in [0.3, 0.4) is 0 Å². The third-order valence-electron chi connectivity index (χ3n) is 7.36. The molecule has 196 valence electrons. The minimum Gasteiger partial charge on any atom is -0.497 e. The Hall–Kier alpha value is -3.59. The normalized spacial score (nSPS) is 20.6. The first-order valence-electron chi connectivity index (χ1n) is 12.7. The van der Waals surface area contributed by atoms with Crippen molar-refractivity contribution in [2.24, 2.45) is 0 Å². The summed E-state index contributed by atoms with van der Waals surface area (Å²) in [6.45, 7) is 0. The van der Waals surface area contributed by atoms with Gasteiger partial charge in [0, 0.05) is 48.4 Å². The van der Waals surface area contributed by atoms with Gasteiger partial charge in [-0.3, -0.25) is 4.79 Å². The Morgan fingerprint density at radius 1 is 1.05 bits per heavy atom. The van der Waals surface area contributed by atoms with Crippen LogP contribution in [0.25, 0.3) is 11.0 Å². The number of thioether (sulfide) groups is 1. The number of aromatic amines is 1. The summed E-state index contributed by atoms with van der Waals surface area (Å²) in [7, 11) is 1.64. The Balaban J connectivity index is 1.07. The highest BCUT2D eigenvalue weighted by Crippen LogP contribution is 2.38. The van der Waals surface area contributed by atoms with Gasteiger partial charge in [-0.25, -0.2) is 13.8 Å². The molecule has 3 heterocycles. The lowest BCUT2D eigenvalue weighted by Gasteiger charge is -2.39. The van der Waals surface area contributed by atoms with Crippen LogP contribution in [0.2, 0.25) is 0 Å². The van der Waals surface area contributed by atoms with Crippen molar-refractivity contribution in [3.05, 3.63) is 83.4 Å². The number of carbonyl (C=O) groups excluding carboxylic acids is 1. The number of fused-ring (bicyclic) bond motifs is 3. The largest absolute Gasteiger partial charge is 0.497 e. The third-order valence-corrected chi connectivity index (χ3v) is 8.30. The van der Waals surface area contributed by atoms with E-state index in [9.17, 15) is 13.6 Å². The molecule has 2 aliphatic heterocycles. The summed E-state index contributed by atoms with van der Waals surface area (Å²) in [4.78, 5) is 23.3. The molecule has 6 rings (SSSR count). The summed E-state index contributed by atoms with van der Waals surface area (Å²) in [6, 6.07) is 17.0. The average Bonchev–Trinajstić information content (AvgIpc) is 3.45. The number of benzene rings is 3. The molecule has 0 spiro atoms. The SMILES string of the molecule is COc1ccc2nc(SCc3ccc(C(=O)N4C5CCC4CC(Oc4ccc(F)cc4F)C5)cc3)[nH]c2c1. The maximum Gasteiger partial charge on any atom is 0.254 e. The minimum atomic E-state index is -0.699. The molecular formula is C29H27F2N3O3S. The van der Waals surface area contributed by atoms with Crippen LogP contribution in [0, 0.1) is 11.6 Å². The van der Waals surface area contributed by atoms with Crippen molar-refractivity contribution in [3.8, 4) is 11.5 Å². The summed E-state index contributed by atoms with van der Waals surface area (Å²) in [5.41, 5.74) is 3.58. The highest BCUT2D eigenvalue weighted by Gasteiger charge is 2.44. The number of hydrogen-bond acceptors (Lipinski definition) is 5. The van der Waals surface area contributed by atoms with Gasteiger partial charge in [0.15, 0.2) is 16.7 Å². The number of nitrogens with one attached hydrogen (secondary N) is 1. The molecule has 2 bridgehead atoms. The number of amides is 1. The molecule has 1 N–H and O–H groups in total. The zero-order valence-electron chi connectivity index (χ0n) is 20.8. The number of methoxy groups -OCH3 is 1. The van der Waals surface area contributed by atoms with Crippen molar-refractivity contribution >= 4 is 28.7 Å². The van der Waals surface area contributed by atoms with Gasteiger partial charge in [0.2, 0.25) is 0 Å². The van der Waals surface area contributed by atoms with Crippen molar-refractivity contribution < 1.29 is 23.0 Å². The number of nitrogens with zero attached hydrogens (tertiary/aromatic N) is 2. The zero-order chi connectivity index (χ0) is 26.2. The predicted molar refractivity (Wildman–Crippen MR) is 142 cm³/mol. The van der Waals surface area contributed by atoms with Gasteiger partial charge in [0.25, 0.3) is 5.91 Å². The molecule has 4 aromatic rings. The second kappa shape index (κ2) is 10.3. The summed E-state index contributed by atoms with van der Waals surface area (Å²) >= 11 is 1.60. The van der Waals surface area contributed by atoms with Gasteiger partial charge in [-0.2, -0.15) is 0 Å². The van der Waals surface area contributed by atoms with Crippen LogP contribution >= 0.6 is 11.8 Å². The standard InChI is InChI=1S/C29H27F2N3O3S/c1-36-22-9-10-25-26(15-22)33-29(32-25)38-16-17-2-4-18(5-3-17)28(35)34-20-7-8-21(34)14-23(13-20)37-27-11-6-19(30)12-24(27)31/h2-6,9-12,15,20-21,23H,7-8,13-14,16H2,1H3,(H,32,33). The first kappa shape index (κ1) is 24.7. The number of imidazole rings is 1. The van der Waals surface area contributed by atoms with Crippen LogP contribution < -0.4 is 9.47 Å². The smallest absolute Gasteiger partial charge is 0.254 e. The zero-order valence-corrected chi connectivity index (χ0v) is 21.6. The van der Waals surface area contributed by atoms with E-state index in [0.29, 0.717) is 18.4 Å². The summed E-state index contributed by atoms with van der Waals surface area (Å²) in [5, 5.41) is 0.829. The van der Waals surface area contributed by atoms with Crippen molar-refractivity contribution in [2.75, 3.05) is 7.11 Å². The quantitative estimate of drug-likeness (QED) is 0.279. The monoisotopic (exact) mass is 535 g/mol. The molecule has 2 fully saturated rings. The van der Waals surface area contributed by atoms with Crippen LogP contribution in [0.15, 0.2) is 65.8 Å². The van der Waals surface area contributed by atoms with Crippen molar-refractivity contribution in [3.63, 3.8) is 0 Å². The summed E-state index contributed by atoms with van der Waals surface area (Å²) in [5.74, 6) is 0.259. The van der Waals surface area contributed by atoms with E-state index < -0.39 is 11.6 Å². The van der Waals surface area contributed by atoms with Crippen LogP contribution in [-0.4, -0.2) is 46.1 Å². The van der Waals surface area contributed by atoms with E-state index in [-0.39, 0.29) is 29.8 Å². The van der Waals surface area contributed by atoms with E-state index in [4.69, 9.17) is 9.47 Å². The van der Waals surface area contributed by atoms with Crippen LogP contribution in [0.4, 0.5) is 8.78 Å². The molecule has 2 atom stereocenters. The van der Waals surface area contributed by atoms with E-state index >= 15 is 0 Å². The van der Waals surface area contributed by atoms with E-state index in [2.05, 4.69) is 9.97 Å². The van der Waals surface area contributed by atoms with Crippen molar-refractivity contribution in [1.29, 1.82) is 0 Å². The fraction of sp³-hybridized carbons (Fsp3) is 0.310. The molecule has 1 amide bonds. The number of halogens is 2. The molecule has 0 aliphatic carbocycles. The van der Waals surface area contributed by atoms with Gasteiger partial charge in [-0.05, 0) is 54.8 Å². The second-order valence-corrected chi connectivity index (χ2v) is 10.8. The van der Waals surface area contributed by atoms with Gasteiger partial charge >= 0.3 is 0 Å². The summed E-state index contributed by atoms with van der Waals surface area (Å²) in [6.07, 6.45) is 2.88. The topological polar surface area (TPSA) is 67.4 Å². The Kier molecular flexibility index (Phi) is 6.69. The molecule has 3 aromatic carbocycles. The van der Waals surface area contributed by atoms with Crippen LogP contribution in [0.1, 0.15) is 41.6 Å². The Labute approximate surface area is 223 Å². The fourth-order valence-electron chi connectivity index (χ4n) is 5.51. The van der Waals surface area contributed by atoms with E-state index in [1.807, 2.05) is 47.4 Å². The minimum absolute atomic E-state index is 0.0225. The molecule has 6 nitrogen and oxygen atoms in total. The third kappa shape index (κ3) is 4.95. The number of hydrogen-bond donors (Lipinski definition) is 1. The Morgan fingerprint density at radius 2 is 1.82 bits per heavy atom. The first-order valence-corrected chi connectivity index (χ1v) is 13.7. The number of carbonyl (C=O) groups is 1. The summed E-state index contributed by atoms with van der Waals surface area (Å²) < 4.78 is 38.4. The maximum absolute atomic E-state index is 14.1. The van der Waals surface area contributed by atoms with Crippen molar-refractivity contribution in [2.45, 2.75) is 54.8 Å². The highest BCUT2D eigenvalue weighted by atomic mass is 32.2. The van der Waals surface area contributed by atoms with Gasteiger partial charge in [0.1, 0.15) is 17.7 Å². The van der Waals surface area contributed by atoms with E-state index in [1.165, 1.54) is 12.1 Å². The van der Waals surface area contributed by atoms with E-state index in [1.54, 1.807) is 18.9 Å². The lowest BCUT2D eigenvalue weighted by molar-refractivity contribution is 0.0349. The molecule has 38 heavy (non-hydrogen) atoms. The van der Waals surface area contributed by atoms with Gasteiger partial charge < -0.3 is 19.4 Å². The molecule has 1 aromatic heterocycles. The number of ether oxygens (including phenoxy) is 2. The molecule has 2 aliphatic rings. The Bertz CT molecular complexity index is 1460. The lowest BCUT2D eigenvalue weighted by atomic mass is 9.98. The predicted octanol–water partition coefficient (Wildman–Crippen LogP) is 6.36. The number of H-pyrrole nitrogens is 1. The maximum atomic E-state index is 14.1. The lowest BCUT2D eigenvalue weighted by Crippen LogP contribution is -2.49. The van der Waals surface area contributed by atoms with Gasteiger partial charge in [-0.1, -0.05) is 23.9 Å². The second-order valence-electron chi connectivity index (χ2n) is 9.79. The average molecular weight is 536 g/mol. The van der Waals surface area contributed by atoms with Crippen molar-refractivity contribution in [1.82, 2.24) is 14.9 Å². The van der Waals surface area contributed by atoms with Gasteiger partial charge in [0.05, 0.1) is 18.1 Å². The number of piperidine rings is 1. The number of aromatic nitrogens is 2. The fourth-order valence-corrected chi connectivity index (χ4v) is 6.35. The molecule has 2 unspecified atom stereocenters. The molecular weight excluding hydrogens is 508 g/mol. The highest BCUT2D eigenvalue weighted by molar-refractivity contribution is 7.98. The first-order chi connectivity index (χ1) is 18.5. The molecule has 0 radical (unpaired) electrons. The van der Waals surface area contributed by atoms with Crippen LogP contribution in [-0.2, 0) is 5.75 Å². The van der Waals surface area contributed by atoms with Crippen LogP contribution in [0.5, 0.6) is 11.5 Å². The van der Waals surface area contributed by atoms with E-state index in [0.717, 1.165) is 52.2 Å².